The van der Waals surface area contributed by atoms with Crippen molar-refractivity contribution >= 4 is 44.9 Å². The Bertz CT molecular complexity index is 1390. The minimum absolute atomic E-state index is 0.443. The number of imidazole rings is 1. The van der Waals surface area contributed by atoms with E-state index in [4.69, 9.17) is 15.6 Å². The standard InChI is InChI=1S/C29H37N7O/c1-5-6-15-26-33-27-28(23-13-9-10-14-24(23)32-29(27)30)36(26)37-18-11-7-8-12-21(4)22-16-17-25(31-19-22)35-34-20(2)3/h9-10,13-14,16-17,19H,4-8,11-12,15,18H2,1-3H3,(H2,30,32)(H,31,35). The molecule has 0 saturated heterocycles. The number of benzene rings is 1. The van der Waals surface area contributed by atoms with Crippen molar-refractivity contribution in [2.45, 2.75) is 65.7 Å². The van der Waals surface area contributed by atoms with Gasteiger partial charge in [0.15, 0.2) is 5.82 Å². The van der Waals surface area contributed by atoms with Gasteiger partial charge in [-0.2, -0.15) is 9.83 Å². The first-order valence-corrected chi connectivity index (χ1v) is 13.1. The van der Waals surface area contributed by atoms with Crippen molar-refractivity contribution in [2.75, 3.05) is 17.8 Å². The molecule has 194 valence electrons. The number of hydrogen-bond acceptors (Lipinski definition) is 7. The molecule has 0 amide bonds. The zero-order valence-electron chi connectivity index (χ0n) is 22.1. The van der Waals surface area contributed by atoms with Crippen LogP contribution in [0.5, 0.6) is 0 Å². The van der Waals surface area contributed by atoms with E-state index in [0.717, 1.165) is 89.9 Å². The van der Waals surface area contributed by atoms with E-state index < -0.39 is 0 Å². The molecule has 0 spiro atoms. The van der Waals surface area contributed by atoms with Crippen LogP contribution in [0.15, 0.2) is 54.3 Å². The molecule has 8 heteroatoms. The van der Waals surface area contributed by atoms with Crippen molar-refractivity contribution in [3.63, 3.8) is 0 Å². The van der Waals surface area contributed by atoms with Gasteiger partial charge in [-0.25, -0.2) is 15.0 Å². The molecular weight excluding hydrogens is 462 g/mol. The Hall–Kier alpha value is -3.94. The van der Waals surface area contributed by atoms with Gasteiger partial charge in [-0.05, 0) is 75.3 Å². The van der Waals surface area contributed by atoms with Crippen molar-refractivity contribution in [3.8, 4) is 0 Å². The highest BCUT2D eigenvalue weighted by Crippen LogP contribution is 2.28. The molecule has 0 unspecified atom stereocenters. The number of anilines is 2. The number of hydrogen-bond donors (Lipinski definition) is 2. The molecule has 0 atom stereocenters. The van der Waals surface area contributed by atoms with Gasteiger partial charge >= 0.3 is 0 Å². The summed E-state index contributed by atoms with van der Waals surface area (Å²) in [6, 6.07) is 12.0. The minimum atomic E-state index is 0.443. The number of unbranched alkanes of at least 4 members (excludes halogenated alkanes) is 3. The molecule has 3 N–H and O–H groups in total. The summed E-state index contributed by atoms with van der Waals surface area (Å²) in [6.07, 6.45) is 8.75. The molecule has 1 aromatic carbocycles. The fourth-order valence-electron chi connectivity index (χ4n) is 4.21. The first-order valence-electron chi connectivity index (χ1n) is 13.1. The maximum absolute atomic E-state index is 6.32. The van der Waals surface area contributed by atoms with E-state index in [2.05, 4.69) is 40.1 Å². The lowest BCUT2D eigenvalue weighted by atomic mass is 10.0. The summed E-state index contributed by atoms with van der Waals surface area (Å²) in [5.41, 5.74) is 14.8. The number of nitrogens with two attached hydrogens (primary N) is 1. The third kappa shape index (κ3) is 6.44. The lowest BCUT2D eigenvalue weighted by Crippen LogP contribution is -2.16. The number of nitrogen functional groups attached to an aromatic ring is 1. The van der Waals surface area contributed by atoms with E-state index in [0.29, 0.717) is 17.9 Å². The van der Waals surface area contributed by atoms with Crippen molar-refractivity contribution < 1.29 is 4.84 Å². The quantitative estimate of drug-likeness (QED) is 0.125. The number of pyridine rings is 2. The second-order valence-corrected chi connectivity index (χ2v) is 9.49. The zero-order valence-corrected chi connectivity index (χ0v) is 22.1. The third-order valence-electron chi connectivity index (χ3n) is 6.21. The highest BCUT2D eigenvalue weighted by Gasteiger charge is 2.18. The molecular formula is C29H37N7O. The van der Waals surface area contributed by atoms with Gasteiger partial charge in [0.1, 0.15) is 29.3 Å². The Morgan fingerprint density at radius 3 is 2.68 bits per heavy atom. The summed E-state index contributed by atoms with van der Waals surface area (Å²) in [4.78, 5) is 20.1. The van der Waals surface area contributed by atoms with Gasteiger partial charge in [-0.1, -0.05) is 38.1 Å². The van der Waals surface area contributed by atoms with Crippen LogP contribution in [0.1, 0.15) is 70.7 Å². The Morgan fingerprint density at radius 2 is 1.92 bits per heavy atom. The number of para-hydroxylation sites is 1. The van der Waals surface area contributed by atoms with Gasteiger partial charge in [0, 0.05) is 23.7 Å². The van der Waals surface area contributed by atoms with Gasteiger partial charge in [0.2, 0.25) is 0 Å². The van der Waals surface area contributed by atoms with Crippen LogP contribution >= 0.6 is 0 Å². The predicted molar refractivity (Wildman–Crippen MR) is 154 cm³/mol. The maximum Gasteiger partial charge on any atom is 0.152 e. The smallest absolute Gasteiger partial charge is 0.152 e. The molecule has 4 aromatic rings. The first kappa shape index (κ1) is 26.1. The highest BCUT2D eigenvalue weighted by molar-refractivity contribution is 6.06. The van der Waals surface area contributed by atoms with E-state index >= 15 is 0 Å². The number of nitrogens with zero attached hydrogens (tertiary/aromatic N) is 5. The van der Waals surface area contributed by atoms with Crippen LogP contribution in [0.4, 0.5) is 11.6 Å². The maximum atomic E-state index is 6.32. The monoisotopic (exact) mass is 499 g/mol. The summed E-state index contributed by atoms with van der Waals surface area (Å²) in [7, 11) is 0. The fraction of sp³-hybridized carbons (Fsp3) is 0.379. The van der Waals surface area contributed by atoms with Gasteiger partial charge in [-0.15, -0.1) is 0 Å². The average Bonchev–Trinajstić information content (AvgIpc) is 3.27. The van der Waals surface area contributed by atoms with Crippen molar-refractivity contribution in [1.82, 2.24) is 19.7 Å². The van der Waals surface area contributed by atoms with Crippen LogP contribution in [0.2, 0.25) is 0 Å². The number of nitrogens with one attached hydrogen (secondary N) is 1. The van der Waals surface area contributed by atoms with Crippen LogP contribution in [-0.2, 0) is 6.42 Å². The Morgan fingerprint density at radius 1 is 1.08 bits per heavy atom. The van der Waals surface area contributed by atoms with E-state index in [1.165, 1.54) is 0 Å². The first-order chi connectivity index (χ1) is 18.0. The van der Waals surface area contributed by atoms with Gasteiger partial charge < -0.3 is 10.6 Å². The topological polar surface area (TPSA) is 103 Å². The fourth-order valence-corrected chi connectivity index (χ4v) is 4.21. The second kappa shape index (κ2) is 12.3. The normalized spacial score (nSPS) is 11.1. The van der Waals surface area contributed by atoms with Gasteiger partial charge in [0.05, 0.1) is 5.52 Å². The zero-order chi connectivity index (χ0) is 26.2. The molecule has 8 nitrogen and oxygen atoms in total. The molecule has 0 saturated carbocycles. The number of aryl methyl sites for hydroxylation is 1. The molecule has 37 heavy (non-hydrogen) atoms. The summed E-state index contributed by atoms with van der Waals surface area (Å²) >= 11 is 0. The number of rotatable bonds is 13. The molecule has 0 aliphatic heterocycles. The van der Waals surface area contributed by atoms with Crippen LogP contribution < -0.4 is 16.0 Å². The predicted octanol–water partition coefficient (Wildman–Crippen LogP) is 6.41. The van der Waals surface area contributed by atoms with Crippen molar-refractivity contribution in [1.29, 1.82) is 0 Å². The van der Waals surface area contributed by atoms with Crippen LogP contribution in [0.3, 0.4) is 0 Å². The Balaban J connectivity index is 1.34. The molecule has 3 aromatic heterocycles. The number of aromatic nitrogens is 4. The van der Waals surface area contributed by atoms with E-state index in [1.807, 2.05) is 55.1 Å². The molecule has 4 rings (SSSR count). The molecule has 0 bridgehead atoms. The van der Waals surface area contributed by atoms with E-state index in [9.17, 15) is 0 Å². The SMILES string of the molecule is C=C(CCCCCOn1c(CCCC)nc2c(N)nc3ccccc3c21)c1ccc(NN=C(C)C)nc1. The van der Waals surface area contributed by atoms with Crippen LogP contribution in [-0.4, -0.2) is 32.0 Å². The summed E-state index contributed by atoms with van der Waals surface area (Å²) in [6.45, 7) is 10.9. The number of fused-ring (bicyclic) bond motifs is 3. The summed E-state index contributed by atoms with van der Waals surface area (Å²) in [5.74, 6) is 2.07. The van der Waals surface area contributed by atoms with E-state index in [-0.39, 0.29) is 0 Å². The van der Waals surface area contributed by atoms with Gasteiger partial charge in [-0.3, -0.25) is 5.43 Å². The highest BCUT2D eigenvalue weighted by atomic mass is 16.7. The summed E-state index contributed by atoms with van der Waals surface area (Å²) < 4.78 is 1.90. The van der Waals surface area contributed by atoms with Crippen LogP contribution in [0.25, 0.3) is 27.5 Å². The third-order valence-corrected chi connectivity index (χ3v) is 6.21. The van der Waals surface area contributed by atoms with E-state index in [1.54, 1.807) is 0 Å². The molecule has 3 heterocycles. The molecule has 0 aliphatic rings. The Labute approximate surface area is 218 Å². The van der Waals surface area contributed by atoms with Crippen LogP contribution in [0, 0.1) is 0 Å². The van der Waals surface area contributed by atoms with Crippen molar-refractivity contribution in [3.05, 3.63) is 60.6 Å². The summed E-state index contributed by atoms with van der Waals surface area (Å²) in [5, 5.41) is 5.18. The lowest BCUT2D eigenvalue weighted by Gasteiger charge is -2.12. The number of allylic oxidation sites excluding steroid dienone is 1. The minimum Gasteiger partial charge on any atom is -0.412 e. The number of hydrazone groups is 1. The van der Waals surface area contributed by atoms with Crippen molar-refractivity contribution in [2.24, 2.45) is 5.10 Å². The Kier molecular flexibility index (Phi) is 8.72. The molecule has 0 radical (unpaired) electrons. The molecule has 0 aliphatic carbocycles. The second-order valence-electron chi connectivity index (χ2n) is 9.49. The largest absolute Gasteiger partial charge is 0.412 e. The molecule has 0 fully saturated rings. The average molecular weight is 500 g/mol. The van der Waals surface area contributed by atoms with Gasteiger partial charge in [0.25, 0.3) is 0 Å². The lowest BCUT2D eigenvalue weighted by molar-refractivity contribution is 0.108.